The normalized spacial score (nSPS) is 12.2. The summed E-state index contributed by atoms with van der Waals surface area (Å²) in [6, 6.07) is 12.4. The summed E-state index contributed by atoms with van der Waals surface area (Å²) in [5.74, 6) is -0.682. The molecule has 0 aromatic heterocycles. The van der Waals surface area contributed by atoms with E-state index in [0.29, 0.717) is 18.7 Å². The van der Waals surface area contributed by atoms with Gasteiger partial charge in [-0.1, -0.05) is 48.9 Å². The summed E-state index contributed by atoms with van der Waals surface area (Å²) in [5.41, 5.74) is 4.14. The number of nitrogens with zero attached hydrogens (tertiary/aromatic N) is 2. The quantitative estimate of drug-likeness (QED) is 0.574. The molecule has 2 aromatic rings. The lowest BCUT2D eigenvalue weighted by molar-refractivity contribution is -0.140. The summed E-state index contributed by atoms with van der Waals surface area (Å²) in [6.07, 6.45) is 1.50. The van der Waals surface area contributed by atoms with E-state index in [-0.39, 0.29) is 19.0 Å². The molecule has 0 bridgehead atoms. The van der Waals surface area contributed by atoms with Crippen molar-refractivity contribution in [3.63, 3.8) is 0 Å². The maximum absolute atomic E-state index is 13.6. The Hall–Kier alpha value is -2.87. The van der Waals surface area contributed by atoms with Crippen molar-refractivity contribution in [2.24, 2.45) is 0 Å². The number of nitrogens with one attached hydrogen (secondary N) is 1. The van der Waals surface area contributed by atoms with Crippen LogP contribution in [0.5, 0.6) is 0 Å². The van der Waals surface area contributed by atoms with Gasteiger partial charge in [0.1, 0.15) is 12.6 Å². The zero-order chi connectivity index (χ0) is 24.8. The molecule has 33 heavy (non-hydrogen) atoms. The largest absolute Gasteiger partial charge is 0.355 e. The summed E-state index contributed by atoms with van der Waals surface area (Å²) in [5, 5.41) is 2.79. The van der Waals surface area contributed by atoms with Gasteiger partial charge < -0.3 is 10.2 Å². The third-order valence-corrected chi connectivity index (χ3v) is 6.86. The van der Waals surface area contributed by atoms with Crippen LogP contribution in [0.3, 0.4) is 0 Å². The first kappa shape index (κ1) is 26.4. The highest BCUT2D eigenvalue weighted by atomic mass is 32.2. The first-order valence-electron chi connectivity index (χ1n) is 11.2. The van der Waals surface area contributed by atoms with Gasteiger partial charge in [0.15, 0.2) is 0 Å². The minimum atomic E-state index is -3.74. The molecule has 0 fully saturated rings. The molecule has 2 aromatic carbocycles. The number of anilines is 1. The molecule has 0 radical (unpaired) electrons. The van der Waals surface area contributed by atoms with Gasteiger partial charge in [0.2, 0.25) is 21.8 Å². The molecule has 7 nitrogen and oxygen atoms in total. The summed E-state index contributed by atoms with van der Waals surface area (Å²) in [4.78, 5) is 27.9. The maximum Gasteiger partial charge on any atom is 0.244 e. The average molecular weight is 474 g/mol. The van der Waals surface area contributed by atoms with E-state index in [2.05, 4.69) is 5.32 Å². The first-order valence-corrected chi connectivity index (χ1v) is 13.0. The summed E-state index contributed by atoms with van der Waals surface area (Å²) in [7, 11) is -3.74. The van der Waals surface area contributed by atoms with E-state index in [1.807, 2.05) is 65.0 Å². The Morgan fingerprint density at radius 3 is 2.18 bits per heavy atom. The molecule has 0 aliphatic heterocycles. The van der Waals surface area contributed by atoms with E-state index in [1.165, 1.54) is 4.90 Å². The summed E-state index contributed by atoms with van der Waals surface area (Å²) in [6.45, 7) is 9.64. The van der Waals surface area contributed by atoms with Gasteiger partial charge in [-0.15, -0.1) is 0 Å². The van der Waals surface area contributed by atoms with Crippen LogP contribution in [0.1, 0.15) is 42.5 Å². The van der Waals surface area contributed by atoms with Crippen molar-refractivity contribution in [3.8, 4) is 0 Å². The van der Waals surface area contributed by atoms with Crippen molar-refractivity contribution in [3.05, 3.63) is 64.7 Å². The van der Waals surface area contributed by atoms with Gasteiger partial charge in [0.25, 0.3) is 0 Å². The topological polar surface area (TPSA) is 86.8 Å². The van der Waals surface area contributed by atoms with Crippen LogP contribution in [0.4, 0.5) is 5.69 Å². The Labute approximate surface area is 197 Å². The number of aryl methyl sites for hydroxylation is 2. The number of carbonyl (C=O) groups is 2. The fourth-order valence-electron chi connectivity index (χ4n) is 3.70. The average Bonchev–Trinajstić information content (AvgIpc) is 2.75. The second kappa shape index (κ2) is 11.3. The highest BCUT2D eigenvalue weighted by molar-refractivity contribution is 7.92. The third kappa shape index (κ3) is 6.81. The Morgan fingerprint density at radius 1 is 1.00 bits per heavy atom. The SMILES string of the molecule is CCNC(=O)[C@H](CC)N(Cc1ccc(C)cc1)C(=O)CN(c1cccc(C)c1C)S(C)(=O)=O. The van der Waals surface area contributed by atoms with Crippen molar-refractivity contribution in [2.75, 3.05) is 23.7 Å². The zero-order valence-corrected chi connectivity index (χ0v) is 21.2. The van der Waals surface area contributed by atoms with Gasteiger partial charge in [-0.3, -0.25) is 13.9 Å². The fraction of sp³-hybridized carbons (Fsp3) is 0.440. The lowest BCUT2D eigenvalue weighted by atomic mass is 10.1. The van der Waals surface area contributed by atoms with E-state index < -0.39 is 22.0 Å². The van der Waals surface area contributed by atoms with Gasteiger partial charge in [-0.25, -0.2) is 8.42 Å². The van der Waals surface area contributed by atoms with Crippen LogP contribution in [-0.2, 0) is 26.2 Å². The van der Waals surface area contributed by atoms with Crippen molar-refractivity contribution in [1.82, 2.24) is 10.2 Å². The molecule has 0 aliphatic carbocycles. The summed E-state index contributed by atoms with van der Waals surface area (Å²) < 4.78 is 26.5. The number of likely N-dealkylation sites (N-methyl/N-ethyl adjacent to an activating group) is 1. The van der Waals surface area contributed by atoms with Crippen molar-refractivity contribution in [2.45, 2.75) is 53.6 Å². The van der Waals surface area contributed by atoms with Crippen LogP contribution in [-0.4, -0.2) is 50.5 Å². The molecule has 0 spiro atoms. The summed E-state index contributed by atoms with van der Waals surface area (Å²) >= 11 is 0. The monoisotopic (exact) mass is 473 g/mol. The number of amides is 2. The van der Waals surface area contributed by atoms with Crippen LogP contribution in [0.25, 0.3) is 0 Å². The van der Waals surface area contributed by atoms with E-state index >= 15 is 0 Å². The Kier molecular flexibility index (Phi) is 9.05. The van der Waals surface area contributed by atoms with Gasteiger partial charge in [0.05, 0.1) is 11.9 Å². The molecular formula is C25H35N3O4S. The third-order valence-electron chi connectivity index (χ3n) is 5.73. The predicted molar refractivity (Wildman–Crippen MR) is 133 cm³/mol. The molecule has 2 amide bonds. The van der Waals surface area contributed by atoms with Gasteiger partial charge >= 0.3 is 0 Å². The molecule has 180 valence electrons. The molecular weight excluding hydrogens is 438 g/mol. The minimum absolute atomic E-state index is 0.207. The van der Waals surface area contributed by atoms with Crippen molar-refractivity contribution in [1.29, 1.82) is 0 Å². The highest BCUT2D eigenvalue weighted by Crippen LogP contribution is 2.25. The van der Waals surface area contributed by atoms with Crippen LogP contribution in [0.2, 0.25) is 0 Å². The number of rotatable bonds is 10. The van der Waals surface area contributed by atoms with Gasteiger partial charge in [0, 0.05) is 13.1 Å². The van der Waals surface area contributed by atoms with Crippen LogP contribution >= 0.6 is 0 Å². The minimum Gasteiger partial charge on any atom is -0.355 e. The Bertz CT molecular complexity index is 1080. The molecule has 0 saturated carbocycles. The molecule has 1 atom stereocenters. The molecule has 0 heterocycles. The Balaban J connectivity index is 2.47. The van der Waals surface area contributed by atoms with Crippen LogP contribution < -0.4 is 9.62 Å². The van der Waals surface area contributed by atoms with Crippen LogP contribution in [0.15, 0.2) is 42.5 Å². The second-order valence-electron chi connectivity index (χ2n) is 8.31. The van der Waals surface area contributed by atoms with Crippen molar-refractivity contribution < 1.29 is 18.0 Å². The van der Waals surface area contributed by atoms with Gasteiger partial charge in [-0.05, 0) is 56.9 Å². The zero-order valence-electron chi connectivity index (χ0n) is 20.4. The highest BCUT2D eigenvalue weighted by Gasteiger charge is 2.32. The smallest absolute Gasteiger partial charge is 0.244 e. The predicted octanol–water partition coefficient (Wildman–Crippen LogP) is 3.32. The van der Waals surface area contributed by atoms with Crippen molar-refractivity contribution >= 4 is 27.5 Å². The van der Waals surface area contributed by atoms with Gasteiger partial charge in [-0.2, -0.15) is 0 Å². The molecule has 0 unspecified atom stereocenters. The standard InChI is InChI=1S/C25H35N3O4S/c1-7-22(25(30)26-8-2)27(16-21-14-12-18(3)13-15-21)24(29)17-28(33(6,31)32)23-11-9-10-19(4)20(23)5/h9-15,22H,7-8,16-17H2,1-6H3,(H,26,30)/t22-/m0/s1. The maximum atomic E-state index is 13.6. The fourth-order valence-corrected chi connectivity index (χ4v) is 4.60. The number of sulfonamides is 1. The van der Waals surface area contributed by atoms with Crippen LogP contribution in [0, 0.1) is 20.8 Å². The van der Waals surface area contributed by atoms with E-state index in [0.717, 1.165) is 32.8 Å². The molecule has 0 saturated heterocycles. The molecule has 1 N–H and O–H groups in total. The molecule has 2 rings (SSSR count). The Morgan fingerprint density at radius 2 is 1.64 bits per heavy atom. The van der Waals surface area contributed by atoms with E-state index in [4.69, 9.17) is 0 Å². The lowest BCUT2D eigenvalue weighted by Gasteiger charge is -2.33. The second-order valence-corrected chi connectivity index (χ2v) is 10.2. The number of hydrogen-bond donors (Lipinski definition) is 1. The van der Waals surface area contributed by atoms with E-state index in [9.17, 15) is 18.0 Å². The number of carbonyl (C=O) groups excluding carboxylic acids is 2. The first-order chi connectivity index (χ1) is 15.5. The number of hydrogen-bond acceptors (Lipinski definition) is 4. The number of benzene rings is 2. The molecule has 8 heteroatoms. The van der Waals surface area contributed by atoms with E-state index in [1.54, 1.807) is 12.1 Å². The lowest BCUT2D eigenvalue weighted by Crippen LogP contribution is -2.52. The molecule has 0 aliphatic rings.